The molecule has 6 nitrogen and oxygen atoms in total. The molecule has 1 unspecified atom stereocenters. The molecule has 0 aliphatic heterocycles. The molecule has 0 saturated heterocycles. The lowest BCUT2D eigenvalue weighted by molar-refractivity contribution is -0.128. The zero-order valence-corrected chi connectivity index (χ0v) is 22.3. The van der Waals surface area contributed by atoms with E-state index in [9.17, 15) is 9.59 Å². The topological polar surface area (TPSA) is 110 Å². The van der Waals surface area contributed by atoms with Gasteiger partial charge in [0.2, 0.25) is 0 Å². The van der Waals surface area contributed by atoms with Gasteiger partial charge in [-0.25, -0.2) is 0 Å². The number of aliphatic hydroxyl groups excluding tert-OH is 1. The molecule has 0 radical (unpaired) electrons. The van der Waals surface area contributed by atoms with Crippen LogP contribution in [0.5, 0.6) is 0 Å². The Morgan fingerprint density at radius 3 is 1.31 bits per heavy atom. The normalized spacial score (nSPS) is 23.7. The first-order chi connectivity index (χ1) is 16.4. The van der Waals surface area contributed by atoms with Crippen molar-refractivity contribution in [3.8, 4) is 0 Å². The second-order valence-corrected chi connectivity index (χ2v) is 9.35. The summed E-state index contributed by atoms with van der Waals surface area (Å²) >= 11 is 12.4. The molecule has 5 N–H and O–H groups in total. The number of aliphatic hydroxyl groups is 1. The fourth-order valence-corrected chi connectivity index (χ4v) is 5.63. The molecule has 2 aliphatic carbocycles. The quantitative estimate of drug-likeness (QED) is 0.542. The summed E-state index contributed by atoms with van der Waals surface area (Å²) in [5.74, 6) is 0.517. The minimum absolute atomic E-state index is 0. The van der Waals surface area contributed by atoms with Crippen molar-refractivity contribution in [3.05, 3.63) is 69.7 Å². The molecule has 35 heavy (non-hydrogen) atoms. The van der Waals surface area contributed by atoms with E-state index >= 15 is 0 Å². The van der Waals surface area contributed by atoms with E-state index in [1.807, 2.05) is 62.6 Å². The van der Waals surface area contributed by atoms with Crippen LogP contribution in [0.1, 0.15) is 62.5 Å². The highest BCUT2D eigenvalue weighted by atomic mass is 35.5. The summed E-state index contributed by atoms with van der Waals surface area (Å²) in [5, 5.41) is 14.7. The zero-order valence-electron chi connectivity index (χ0n) is 20.8. The summed E-state index contributed by atoms with van der Waals surface area (Å²) in [6.45, 7) is 0. The van der Waals surface area contributed by atoms with Gasteiger partial charge in [-0.3, -0.25) is 9.59 Å². The first-order valence-electron chi connectivity index (χ1n) is 11.8. The highest BCUT2D eigenvalue weighted by Gasteiger charge is 2.42. The molecule has 4 rings (SSSR count). The number of nitrogens with one attached hydrogen (secondary N) is 2. The largest absolute Gasteiger partial charge is 0.412 e. The monoisotopic (exact) mass is 524 g/mol. The Balaban J connectivity index is 0.000000318. The van der Waals surface area contributed by atoms with Crippen LogP contribution >= 0.6 is 23.2 Å². The first-order valence-corrected chi connectivity index (χ1v) is 12.6. The summed E-state index contributed by atoms with van der Waals surface area (Å²) in [6.07, 6.45) is 7.09. The van der Waals surface area contributed by atoms with Gasteiger partial charge in [0.15, 0.2) is 11.6 Å². The number of benzene rings is 2. The standard InChI is InChI=1S/2C13H16ClNO.CH4O.H2O/c2*1-15-13(9-5-4-8-12(13)16)10-6-2-3-7-11(10)14;1-2;/h2*2-3,6-7,15H,4-5,8-9H2,1H3;2H,1H3;1H2/t13-;;;/m0.../s1. The number of likely N-dealkylation sites (N-methyl/N-ethyl adjacent to an activating group) is 2. The van der Waals surface area contributed by atoms with E-state index in [0.29, 0.717) is 22.9 Å². The Labute approximate surface area is 218 Å². The van der Waals surface area contributed by atoms with Gasteiger partial charge in [0, 0.05) is 30.0 Å². The van der Waals surface area contributed by atoms with E-state index in [1.165, 1.54) is 0 Å². The molecular weight excluding hydrogens is 487 g/mol. The Bertz CT molecular complexity index is 894. The summed E-state index contributed by atoms with van der Waals surface area (Å²) in [7, 11) is 4.68. The minimum Gasteiger partial charge on any atom is -0.412 e. The molecule has 2 aromatic rings. The Hall–Kier alpha value is -1.80. The maximum absolute atomic E-state index is 12.2. The maximum Gasteiger partial charge on any atom is 0.157 e. The van der Waals surface area contributed by atoms with Gasteiger partial charge in [-0.05, 0) is 63.0 Å². The van der Waals surface area contributed by atoms with Crippen LogP contribution in [-0.4, -0.2) is 43.4 Å². The van der Waals surface area contributed by atoms with Crippen LogP contribution < -0.4 is 10.6 Å². The second kappa shape index (κ2) is 14.7. The average molecular weight is 526 g/mol. The van der Waals surface area contributed by atoms with Crippen molar-refractivity contribution in [2.75, 3.05) is 21.2 Å². The van der Waals surface area contributed by atoms with E-state index in [1.54, 1.807) is 0 Å². The molecule has 0 amide bonds. The van der Waals surface area contributed by atoms with Crippen molar-refractivity contribution >= 4 is 34.8 Å². The number of Topliss-reactive ketones (excluding diaryl/α,β-unsaturated/α-hetero) is 2. The predicted molar refractivity (Wildman–Crippen MR) is 143 cm³/mol. The maximum atomic E-state index is 12.2. The van der Waals surface area contributed by atoms with E-state index in [0.717, 1.165) is 56.8 Å². The number of hydrogen-bond donors (Lipinski definition) is 3. The Morgan fingerprint density at radius 1 is 0.686 bits per heavy atom. The molecule has 2 fully saturated rings. The van der Waals surface area contributed by atoms with Gasteiger partial charge in [-0.2, -0.15) is 0 Å². The smallest absolute Gasteiger partial charge is 0.157 e. The van der Waals surface area contributed by atoms with Gasteiger partial charge in [0.05, 0.1) is 0 Å². The molecule has 8 heteroatoms. The number of carbonyl (C=O) groups is 2. The van der Waals surface area contributed by atoms with Crippen LogP contribution in [0, 0.1) is 0 Å². The second-order valence-electron chi connectivity index (χ2n) is 8.53. The van der Waals surface area contributed by atoms with Crippen molar-refractivity contribution in [3.63, 3.8) is 0 Å². The summed E-state index contributed by atoms with van der Waals surface area (Å²) in [6, 6.07) is 15.2. The van der Waals surface area contributed by atoms with E-state index in [4.69, 9.17) is 28.3 Å². The van der Waals surface area contributed by atoms with Gasteiger partial charge < -0.3 is 21.2 Å². The van der Waals surface area contributed by atoms with Crippen LogP contribution in [0.25, 0.3) is 0 Å². The Kier molecular flexibility index (Phi) is 13.1. The van der Waals surface area contributed by atoms with Crippen LogP contribution in [0.3, 0.4) is 0 Å². The lowest BCUT2D eigenvalue weighted by Crippen LogP contribution is -2.49. The lowest BCUT2D eigenvalue weighted by atomic mass is 9.75. The van der Waals surface area contributed by atoms with Gasteiger partial charge in [0.25, 0.3) is 0 Å². The number of carbonyl (C=O) groups excluding carboxylic acids is 2. The van der Waals surface area contributed by atoms with Crippen LogP contribution in [-0.2, 0) is 20.7 Å². The van der Waals surface area contributed by atoms with E-state index in [-0.39, 0.29) is 17.0 Å². The fraction of sp³-hybridized carbons (Fsp3) is 0.481. The van der Waals surface area contributed by atoms with E-state index < -0.39 is 11.1 Å². The van der Waals surface area contributed by atoms with Gasteiger partial charge in [-0.15, -0.1) is 0 Å². The van der Waals surface area contributed by atoms with Crippen LogP contribution in [0.4, 0.5) is 0 Å². The highest BCUT2D eigenvalue weighted by Crippen LogP contribution is 2.38. The SMILES string of the molecule is CNC1(c2ccccc2Cl)CCCCC1=O.CN[C@]1(c2ccccc2Cl)CCCCC1=O.CO.O. The zero-order chi connectivity index (χ0) is 25.2. The van der Waals surface area contributed by atoms with Crippen molar-refractivity contribution in [2.24, 2.45) is 0 Å². The molecule has 0 heterocycles. The third-order valence-electron chi connectivity index (χ3n) is 6.88. The number of hydrogen-bond acceptors (Lipinski definition) is 5. The molecular formula is C27H38Cl2N2O4. The third kappa shape index (κ3) is 6.70. The Morgan fingerprint density at radius 2 is 1.03 bits per heavy atom. The molecule has 0 aromatic heterocycles. The van der Waals surface area contributed by atoms with Crippen molar-refractivity contribution in [1.82, 2.24) is 10.6 Å². The van der Waals surface area contributed by atoms with Crippen molar-refractivity contribution in [2.45, 2.75) is 62.4 Å². The molecule has 194 valence electrons. The predicted octanol–water partition coefficient (Wildman–Crippen LogP) is 4.58. The highest BCUT2D eigenvalue weighted by molar-refractivity contribution is 6.32. The molecule has 2 aliphatic rings. The van der Waals surface area contributed by atoms with Crippen LogP contribution in [0.15, 0.2) is 48.5 Å². The number of ketones is 2. The fourth-order valence-electron chi connectivity index (χ4n) is 5.04. The van der Waals surface area contributed by atoms with Crippen molar-refractivity contribution in [1.29, 1.82) is 0 Å². The molecule has 0 spiro atoms. The summed E-state index contributed by atoms with van der Waals surface area (Å²) < 4.78 is 0. The average Bonchev–Trinajstić information content (AvgIpc) is 2.88. The molecule has 0 bridgehead atoms. The van der Waals surface area contributed by atoms with Crippen molar-refractivity contribution < 1.29 is 20.2 Å². The van der Waals surface area contributed by atoms with Gasteiger partial charge >= 0.3 is 0 Å². The van der Waals surface area contributed by atoms with Crippen LogP contribution in [0.2, 0.25) is 10.0 Å². The van der Waals surface area contributed by atoms with Gasteiger partial charge in [0.1, 0.15) is 11.1 Å². The first kappa shape index (κ1) is 31.2. The molecule has 2 atom stereocenters. The summed E-state index contributed by atoms with van der Waals surface area (Å²) in [4.78, 5) is 24.4. The molecule has 2 saturated carbocycles. The number of rotatable bonds is 4. The molecule has 2 aromatic carbocycles. The van der Waals surface area contributed by atoms with E-state index in [2.05, 4.69) is 10.6 Å². The number of halogens is 2. The lowest BCUT2D eigenvalue weighted by Gasteiger charge is -2.36. The third-order valence-corrected chi connectivity index (χ3v) is 7.54. The minimum atomic E-state index is -0.559. The van der Waals surface area contributed by atoms with Gasteiger partial charge in [-0.1, -0.05) is 72.4 Å². The summed E-state index contributed by atoms with van der Waals surface area (Å²) in [5.41, 5.74) is 0.723.